The van der Waals surface area contributed by atoms with Gasteiger partial charge in [-0.25, -0.2) is 9.97 Å². The Bertz CT molecular complexity index is 366. The van der Waals surface area contributed by atoms with Crippen LogP contribution >= 0.6 is 0 Å². The van der Waals surface area contributed by atoms with E-state index < -0.39 is 0 Å². The van der Waals surface area contributed by atoms with Crippen molar-refractivity contribution < 1.29 is 4.79 Å². The molecule has 0 saturated carbocycles. The predicted molar refractivity (Wildman–Crippen MR) is 63.0 cm³/mol. The molecule has 0 aromatic carbocycles. The molecule has 0 aliphatic rings. The van der Waals surface area contributed by atoms with Crippen LogP contribution in [0.2, 0.25) is 0 Å². The first-order valence-electron chi connectivity index (χ1n) is 5.28. The lowest BCUT2D eigenvalue weighted by molar-refractivity contribution is -0.119. The van der Waals surface area contributed by atoms with Gasteiger partial charge in [-0.05, 0) is 13.3 Å². The molecular weight excluding hydrogens is 206 g/mol. The third-order valence-electron chi connectivity index (χ3n) is 2.12. The van der Waals surface area contributed by atoms with Crippen molar-refractivity contribution in [1.82, 2.24) is 15.3 Å². The molecule has 0 spiro atoms. The largest absolute Gasteiger partial charge is 0.383 e. The summed E-state index contributed by atoms with van der Waals surface area (Å²) < 4.78 is 0. The van der Waals surface area contributed by atoms with Crippen LogP contribution in [0.3, 0.4) is 0 Å². The van der Waals surface area contributed by atoms with E-state index in [9.17, 15) is 4.79 Å². The molecule has 0 fully saturated rings. The Hall–Kier alpha value is -1.85. The first kappa shape index (κ1) is 12.2. The van der Waals surface area contributed by atoms with Crippen LogP contribution in [0.5, 0.6) is 0 Å². The quantitative estimate of drug-likeness (QED) is 0.661. The maximum absolute atomic E-state index is 11.3. The van der Waals surface area contributed by atoms with Crippen molar-refractivity contribution in [3.05, 3.63) is 11.9 Å². The molecule has 1 amide bonds. The monoisotopic (exact) mass is 223 g/mol. The summed E-state index contributed by atoms with van der Waals surface area (Å²) in [6.07, 6.45) is 2.11. The molecule has 88 valence electrons. The number of nitrogens with two attached hydrogens (primary N) is 1. The number of carbonyl (C=O) groups excluding carboxylic acids is 1. The highest BCUT2D eigenvalue weighted by Gasteiger charge is 2.07. The fourth-order valence-corrected chi connectivity index (χ4v) is 1.35. The van der Waals surface area contributed by atoms with Crippen molar-refractivity contribution in [2.24, 2.45) is 0 Å². The third-order valence-corrected chi connectivity index (χ3v) is 2.12. The van der Waals surface area contributed by atoms with Crippen molar-refractivity contribution in [3.63, 3.8) is 0 Å². The first-order chi connectivity index (χ1) is 7.69. The molecule has 0 unspecified atom stereocenters. The summed E-state index contributed by atoms with van der Waals surface area (Å²) in [6, 6.07) is 0. The van der Waals surface area contributed by atoms with E-state index >= 15 is 0 Å². The lowest BCUT2D eigenvalue weighted by Crippen LogP contribution is -2.30. The maximum Gasteiger partial charge on any atom is 0.239 e. The first-order valence-corrected chi connectivity index (χ1v) is 5.28. The fourth-order valence-electron chi connectivity index (χ4n) is 1.35. The van der Waals surface area contributed by atoms with E-state index in [1.807, 2.05) is 13.8 Å². The summed E-state index contributed by atoms with van der Waals surface area (Å²) in [4.78, 5) is 19.2. The lowest BCUT2D eigenvalue weighted by atomic mass is 10.2. The van der Waals surface area contributed by atoms with Crippen LogP contribution < -0.4 is 16.4 Å². The highest BCUT2D eigenvalue weighted by Crippen LogP contribution is 2.16. The van der Waals surface area contributed by atoms with Crippen LogP contribution in [-0.4, -0.2) is 29.0 Å². The number of nitrogens with zero attached hydrogens (tertiary/aromatic N) is 2. The second-order valence-electron chi connectivity index (χ2n) is 3.25. The van der Waals surface area contributed by atoms with Gasteiger partial charge >= 0.3 is 0 Å². The summed E-state index contributed by atoms with van der Waals surface area (Å²) >= 11 is 0. The topological polar surface area (TPSA) is 92.9 Å². The number of anilines is 2. The molecule has 6 nitrogen and oxygen atoms in total. The molecule has 1 aromatic heterocycles. The zero-order valence-corrected chi connectivity index (χ0v) is 9.58. The molecule has 0 aliphatic heterocycles. The number of carbonyl (C=O) groups is 1. The van der Waals surface area contributed by atoms with Crippen molar-refractivity contribution >= 4 is 17.5 Å². The van der Waals surface area contributed by atoms with Gasteiger partial charge in [0, 0.05) is 12.1 Å². The average Bonchev–Trinajstić information content (AvgIpc) is 2.27. The molecule has 0 atom stereocenters. The molecule has 16 heavy (non-hydrogen) atoms. The van der Waals surface area contributed by atoms with E-state index in [1.54, 1.807) is 0 Å². The summed E-state index contributed by atoms with van der Waals surface area (Å²) in [5.74, 6) is 1.01. The van der Waals surface area contributed by atoms with Gasteiger partial charge in [0.2, 0.25) is 5.91 Å². The smallest absolute Gasteiger partial charge is 0.239 e. The van der Waals surface area contributed by atoms with Gasteiger partial charge in [-0.1, -0.05) is 6.92 Å². The Morgan fingerprint density at radius 2 is 2.19 bits per heavy atom. The molecule has 0 bridgehead atoms. The Labute approximate surface area is 94.7 Å². The Morgan fingerprint density at radius 3 is 2.81 bits per heavy atom. The molecule has 1 aromatic rings. The number of nitrogens with one attached hydrogen (secondary N) is 2. The van der Waals surface area contributed by atoms with E-state index in [-0.39, 0.29) is 12.5 Å². The van der Waals surface area contributed by atoms with Crippen LogP contribution in [0.25, 0.3) is 0 Å². The molecule has 6 heteroatoms. The maximum atomic E-state index is 11.3. The lowest BCUT2D eigenvalue weighted by Gasteiger charge is -2.10. The highest BCUT2D eigenvalue weighted by atomic mass is 16.1. The van der Waals surface area contributed by atoms with Gasteiger partial charge in [0.05, 0.1) is 6.54 Å². The van der Waals surface area contributed by atoms with Gasteiger partial charge in [-0.3, -0.25) is 4.79 Å². The number of nitrogen functional groups attached to an aromatic ring is 1. The van der Waals surface area contributed by atoms with Gasteiger partial charge < -0.3 is 16.4 Å². The van der Waals surface area contributed by atoms with Crippen LogP contribution in [0.4, 0.5) is 11.6 Å². The van der Waals surface area contributed by atoms with Gasteiger partial charge in [0.15, 0.2) is 0 Å². The number of hydrogen-bond acceptors (Lipinski definition) is 5. The normalized spacial score (nSPS) is 9.88. The summed E-state index contributed by atoms with van der Waals surface area (Å²) in [5.41, 5.74) is 6.54. The Kier molecular flexibility index (Phi) is 4.50. The molecular formula is C10H17N5O. The van der Waals surface area contributed by atoms with Crippen molar-refractivity contribution in [3.8, 4) is 0 Å². The van der Waals surface area contributed by atoms with Crippen LogP contribution in [0.15, 0.2) is 6.33 Å². The van der Waals surface area contributed by atoms with E-state index in [0.29, 0.717) is 18.2 Å². The highest BCUT2D eigenvalue weighted by molar-refractivity contribution is 5.80. The summed E-state index contributed by atoms with van der Waals surface area (Å²) in [6.45, 7) is 4.65. The minimum Gasteiger partial charge on any atom is -0.383 e. The Morgan fingerprint density at radius 1 is 1.44 bits per heavy atom. The van der Waals surface area contributed by atoms with E-state index in [4.69, 9.17) is 5.73 Å². The van der Waals surface area contributed by atoms with Crippen molar-refractivity contribution in [1.29, 1.82) is 0 Å². The number of amides is 1. The standard InChI is InChI=1S/C10H17N5O/c1-3-7-9(11)14-6-15-10(7)13-5-8(16)12-4-2/h6H,3-5H2,1-2H3,(H,12,16)(H3,11,13,14,15). The van der Waals surface area contributed by atoms with Crippen LogP contribution in [-0.2, 0) is 11.2 Å². The van der Waals surface area contributed by atoms with Crippen molar-refractivity contribution in [2.45, 2.75) is 20.3 Å². The number of hydrogen-bond donors (Lipinski definition) is 3. The van der Waals surface area contributed by atoms with Gasteiger partial charge in [0.1, 0.15) is 18.0 Å². The van der Waals surface area contributed by atoms with E-state index in [2.05, 4.69) is 20.6 Å². The minimum atomic E-state index is -0.0678. The zero-order chi connectivity index (χ0) is 12.0. The second kappa shape index (κ2) is 5.89. The molecule has 0 saturated heterocycles. The summed E-state index contributed by atoms with van der Waals surface area (Å²) in [5, 5.41) is 5.64. The van der Waals surface area contributed by atoms with Gasteiger partial charge in [-0.15, -0.1) is 0 Å². The predicted octanol–water partition coefficient (Wildman–Crippen LogP) is 0.169. The van der Waals surface area contributed by atoms with E-state index in [1.165, 1.54) is 6.33 Å². The molecule has 1 rings (SSSR count). The summed E-state index contributed by atoms with van der Waals surface area (Å²) in [7, 11) is 0. The Balaban J connectivity index is 2.66. The molecule has 1 heterocycles. The van der Waals surface area contributed by atoms with E-state index in [0.717, 1.165) is 12.0 Å². The number of aromatic nitrogens is 2. The second-order valence-corrected chi connectivity index (χ2v) is 3.25. The van der Waals surface area contributed by atoms with Crippen LogP contribution in [0, 0.1) is 0 Å². The fraction of sp³-hybridized carbons (Fsp3) is 0.500. The van der Waals surface area contributed by atoms with Gasteiger partial charge in [-0.2, -0.15) is 0 Å². The molecule has 0 aliphatic carbocycles. The van der Waals surface area contributed by atoms with Gasteiger partial charge in [0.25, 0.3) is 0 Å². The van der Waals surface area contributed by atoms with Crippen LogP contribution in [0.1, 0.15) is 19.4 Å². The third kappa shape index (κ3) is 3.08. The molecule has 0 radical (unpaired) electrons. The van der Waals surface area contributed by atoms with Crippen molar-refractivity contribution in [2.75, 3.05) is 24.1 Å². The number of rotatable bonds is 5. The zero-order valence-electron chi connectivity index (χ0n) is 9.58. The SMILES string of the molecule is CCNC(=O)CNc1ncnc(N)c1CC. The average molecular weight is 223 g/mol. The minimum absolute atomic E-state index is 0.0678. The number of likely N-dealkylation sites (N-methyl/N-ethyl adjacent to an activating group) is 1. The molecule has 4 N–H and O–H groups in total.